The van der Waals surface area contributed by atoms with Crippen molar-refractivity contribution >= 4 is 29.3 Å². The average molecular weight is 395 g/mol. The minimum atomic E-state index is -0.738. The molecule has 0 spiro atoms. The van der Waals surface area contributed by atoms with Crippen molar-refractivity contribution in [3.63, 3.8) is 0 Å². The maximum Gasteiger partial charge on any atom is 0.283 e. The molecule has 2 heterocycles. The number of primary amides is 1. The molecule has 0 saturated carbocycles. The largest absolute Gasteiger partial charge is 0.366 e. The van der Waals surface area contributed by atoms with E-state index >= 15 is 0 Å². The maximum absolute atomic E-state index is 12.7. The van der Waals surface area contributed by atoms with Crippen LogP contribution in [-0.2, 0) is 14.3 Å². The van der Waals surface area contributed by atoms with Gasteiger partial charge in [-0.1, -0.05) is 0 Å². The fourth-order valence-electron chi connectivity index (χ4n) is 3.31. The lowest BCUT2D eigenvalue weighted by Gasteiger charge is -2.38. The van der Waals surface area contributed by atoms with Gasteiger partial charge in [0.1, 0.15) is 0 Å². The topological polar surface area (TPSA) is 125 Å². The number of thioether (sulfide) groups is 1. The van der Waals surface area contributed by atoms with Crippen molar-refractivity contribution in [2.45, 2.75) is 36.5 Å². The van der Waals surface area contributed by atoms with Gasteiger partial charge in [-0.3, -0.25) is 19.7 Å². The predicted molar refractivity (Wildman–Crippen MR) is 97.4 cm³/mol. The fraction of sp³-hybridized carbons (Fsp3) is 0.529. The number of piperidine rings is 1. The van der Waals surface area contributed by atoms with E-state index in [2.05, 4.69) is 0 Å². The quantitative estimate of drug-likeness (QED) is 0.440. The highest BCUT2D eigenvalue weighted by atomic mass is 32.2. The van der Waals surface area contributed by atoms with Crippen LogP contribution in [0.5, 0.6) is 0 Å². The number of nitrogens with two attached hydrogens (primary N) is 1. The predicted octanol–water partition coefficient (Wildman–Crippen LogP) is 1.54. The number of hydrogen-bond acceptors (Lipinski definition) is 7. The van der Waals surface area contributed by atoms with Crippen LogP contribution in [0, 0.1) is 10.1 Å². The summed E-state index contributed by atoms with van der Waals surface area (Å²) in [7, 11) is 0. The Labute approximate surface area is 160 Å². The molecule has 2 aliphatic rings. The van der Waals surface area contributed by atoms with E-state index in [4.69, 9.17) is 15.2 Å². The zero-order valence-corrected chi connectivity index (χ0v) is 15.5. The molecule has 0 aliphatic carbocycles. The molecule has 0 aromatic heterocycles. The second-order valence-corrected chi connectivity index (χ2v) is 7.37. The van der Waals surface area contributed by atoms with E-state index in [1.165, 1.54) is 12.1 Å². The summed E-state index contributed by atoms with van der Waals surface area (Å²) in [6.07, 6.45) is 2.33. The van der Waals surface area contributed by atoms with Crippen LogP contribution in [0.15, 0.2) is 23.1 Å². The van der Waals surface area contributed by atoms with Gasteiger partial charge in [-0.05, 0) is 31.4 Å². The zero-order chi connectivity index (χ0) is 19.4. The molecule has 10 heteroatoms. The first-order chi connectivity index (χ1) is 13.0. The third kappa shape index (κ3) is 4.57. The second kappa shape index (κ2) is 8.68. The third-order valence-corrected chi connectivity index (χ3v) is 5.67. The SMILES string of the molecule is NC(=O)c1ccc(SCC(=O)N2CCCCC2C2OCCO2)c([N+](=O)[O-])c1. The number of carbonyl (C=O) groups is 2. The Kier molecular flexibility index (Phi) is 6.30. The number of carbonyl (C=O) groups excluding carboxylic acids is 2. The summed E-state index contributed by atoms with van der Waals surface area (Å²) in [5, 5.41) is 11.3. The highest BCUT2D eigenvalue weighted by molar-refractivity contribution is 8.00. The Morgan fingerprint density at radius 1 is 1.30 bits per heavy atom. The Bertz CT molecular complexity index is 737. The van der Waals surface area contributed by atoms with Gasteiger partial charge in [-0.2, -0.15) is 0 Å². The minimum absolute atomic E-state index is 0.0555. The van der Waals surface area contributed by atoms with Crippen molar-refractivity contribution in [2.75, 3.05) is 25.5 Å². The number of hydrogen-bond donors (Lipinski definition) is 1. The molecule has 0 bridgehead atoms. The lowest BCUT2D eigenvalue weighted by atomic mass is 10.0. The van der Waals surface area contributed by atoms with Crippen LogP contribution in [0.1, 0.15) is 29.6 Å². The van der Waals surface area contributed by atoms with E-state index in [1.807, 2.05) is 0 Å². The van der Waals surface area contributed by atoms with Crippen molar-refractivity contribution in [1.29, 1.82) is 0 Å². The monoisotopic (exact) mass is 395 g/mol. The van der Waals surface area contributed by atoms with Crippen LogP contribution in [0.3, 0.4) is 0 Å². The van der Waals surface area contributed by atoms with Crippen molar-refractivity contribution in [3.8, 4) is 0 Å². The molecule has 3 rings (SSSR count). The highest BCUT2D eigenvalue weighted by Gasteiger charge is 2.36. The van der Waals surface area contributed by atoms with Crippen molar-refractivity contribution < 1.29 is 24.0 Å². The number of likely N-dealkylation sites (tertiary alicyclic amines) is 1. The van der Waals surface area contributed by atoms with Crippen LogP contribution in [0.4, 0.5) is 5.69 Å². The van der Waals surface area contributed by atoms with Crippen molar-refractivity contribution in [1.82, 2.24) is 4.90 Å². The molecule has 146 valence electrons. The molecule has 2 N–H and O–H groups in total. The van der Waals surface area contributed by atoms with E-state index in [-0.39, 0.29) is 29.0 Å². The second-order valence-electron chi connectivity index (χ2n) is 6.35. The van der Waals surface area contributed by atoms with Crippen LogP contribution >= 0.6 is 11.8 Å². The van der Waals surface area contributed by atoms with Crippen LogP contribution in [0.2, 0.25) is 0 Å². The summed E-state index contributed by atoms with van der Waals surface area (Å²) in [6, 6.07) is 3.89. The van der Waals surface area contributed by atoms with Gasteiger partial charge in [0, 0.05) is 18.2 Å². The average Bonchev–Trinajstić information content (AvgIpc) is 3.20. The summed E-state index contributed by atoms with van der Waals surface area (Å²) < 4.78 is 11.1. The number of rotatable bonds is 6. The van der Waals surface area contributed by atoms with Crippen LogP contribution in [-0.4, -0.2) is 59.5 Å². The van der Waals surface area contributed by atoms with Gasteiger partial charge in [0.2, 0.25) is 11.8 Å². The summed E-state index contributed by atoms with van der Waals surface area (Å²) in [5.41, 5.74) is 5.00. The van der Waals surface area contributed by atoms with Gasteiger partial charge in [0.25, 0.3) is 5.69 Å². The highest BCUT2D eigenvalue weighted by Crippen LogP contribution is 2.31. The molecule has 27 heavy (non-hydrogen) atoms. The number of nitro groups is 1. The summed E-state index contributed by atoms with van der Waals surface area (Å²) in [4.78, 5) is 36.8. The smallest absolute Gasteiger partial charge is 0.283 e. The first-order valence-electron chi connectivity index (χ1n) is 8.71. The molecule has 1 atom stereocenters. The standard InChI is InChI=1S/C17H21N3O6S/c18-16(22)11-4-5-14(13(9-11)20(23)24)27-10-15(21)19-6-2-1-3-12(19)17-25-7-8-26-17/h4-5,9,12,17H,1-3,6-8,10H2,(H2,18,22). The van der Waals surface area contributed by atoms with Crippen molar-refractivity contribution in [2.24, 2.45) is 5.73 Å². The Balaban J connectivity index is 1.69. The minimum Gasteiger partial charge on any atom is -0.366 e. The third-order valence-electron chi connectivity index (χ3n) is 4.62. The van der Waals surface area contributed by atoms with Gasteiger partial charge in [0.15, 0.2) is 6.29 Å². The van der Waals surface area contributed by atoms with Crippen LogP contribution < -0.4 is 5.73 Å². The zero-order valence-electron chi connectivity index (χ0n) is 14.7. The lowest BCUT2D eigenvalue weighted by molar-refractivity contribution is -0.387. The first-order valence-corrected chi connectivity index (χ1v) is 9.69. The number of amides is 2. The lowest BCUT2D eigenvalue weighted by Crippen LogP contribution is -2.50. The van der Waals surface area contributed by atoms with Crippen LogP contribution in [0.25, 0.3) is 0 Å². The summed E-state index contributed by atoms with van der Waals surface area (Å²) in [5.74, 6) is -0.796. The molecule has 2 amide bonds. The molecule has 1 aromatic rings. The first kappa shape index (κ1) is 19.6. The molecule has 2 fully saturated rings. The van der Waals surface area contributed by atoms with E-state index in [0.717, 1.165) is 37.1 Å². The number of nitrogens with zero attached hydrogens (tertiary/aromatic N) is 2. The Hall–Kier alpha value is -2.17. The van der Waals surface area contributed by atoms with Gasteiger partial charge in [-0.25, -0.2) is 0 Å². The normalized spacial score (nSPS) is 20.6. The number of benzene rings is 1. The van der Waals surface area contributed by atoms with E-state index in [0.29, 0.717) is 24.7 Å². The fourth-order valence-corrected chi connectivity index (χ4v) is 4.20. The number of ether oxygens (including phenoxy) is 2. The summed E-state index contributed by atoms with van der Waals surface area (Å²) in [6.45, 7) is 1.67. The van der Waals surface area contributed by atoms with E-state index in [9.17, 15) is 19.7 Å². The van der Waals surface area contributed by atoms with Gasteiger partial charge >= 0.3 is 0 Å². The van der Waals surface area contributed by atoms with E-state index < -0.39 is 17.1 Å². The van der Waals surface area contributed by atoms with Gasteiger partial charge in [-0.15, -0.1) is 11.8 Å². The maximum atomic E-state index is 12.7. The summed E-state index contributed by atoms with van der Waals surface area (Å²) >= 11 is 1.08. The molecule has 0 radical (unpaired) electrons. The molecule has 2 aliphatic heterocycles. The Morgan fingerprint density at radius 2 is 2.04 bits per heavy atom. The van der Waals surface area contributed by atoms with Crippen molar-refractivity contribution in [3.05, 3.63) is 33.9 Å². The Morgan fingerprint density at radius 3 is 2.70 bits per heavy atom. The molecular weight excluding hydrogens is 374 g/mol. The molecule has 9 nitrogen and oxygen atoms in total. The molecular formula is C17H21N3O6S. The van der Waals surface area contributed by atoms with Gasteiger partial charge in [0.05, 0.1) is 34.8 Å². The van der Waals surface area contributed by atoms with E-state index in [1.54, 1.807) is 4.90 Å². The molecule has 1 unspecified atom stereocenters. The van der Waals surface area contributed by atoms with Gasteiger partial charge < -0.3 is 20.1 Å². The number of nitro benzene ring substituents is 1. The molecule has 2 saturated heterocycles. The molecule has 1 aromatic carbocycles.